The Morgan fingerprint density at radius 3 is 2.23 bits per heavy atom. The number of amides is 2. The molecule has 0 aliphatic heterocycles. The SMILES string of the molecule is CCCCCNC(=O)[C@@H](c1ccccc1)N(Cc1ccc(OC)cc1)C(=O)C(C)C. The van der Waals surface area contributed by atoms with Gasteiger partial charge in [-0.1, -0.05) is 76.1 Å². The van der Waals surface area contributed by atoms with Crippen LogP contribution in [0.4, 0.5) is 0 Å². The minimum atomic E-state index is -0.676. The largest absolute Gasteiger partial charge is 0.497 e. The van der Waals surface area contributed by atoms with E-state index >= 15 is 0 Å². The van der Waals surface area contributed by atoms with Crippen LogP contribution in [0.3, 0.4) is 0 Å². The molecule has 0 saturated carbocycles. The number of ether oxygens (including phenoxy) is 1. The predicted octanol–water partition coefficient (Wildman–Crippen LogP) is 4.73. The third-order valence-electron chi connectivity index (χ3n) is 5.04. The molecular weight excluding hydrogens is 376 g/mol. The van der Waals surface area contributed by atoms with Gasteiger partial charge >= 0.3 is 0 Å². The molecule has 0 fully saturated rings. The second kappa shape index (κ2) is 12.0. The molecule has 0 heterocycles. The average Bonchev–Trinajstić information content (AvgIpc) is 2.77. The Balaban J connectivity index is 2.35. The van der Waals surface area contributed by atoms with Gasteiger partial charge in [-0.15, -0.1) is 0 Å². The van der Waals surface area contributed by atoms with E-state index in [4.69, 9.17) is 4.74 Å². The van der Waals surface area contributed by atoms with Crippen molar-refractivity contribution in [2.75, 3.05) is 13.7 Å². The van der Waals surface area contributed by atoms with Crippen LogP contribution >= 0.6 is 0 Å². The van der Waals surface area contributed by atoms with Gasteiger partial charge in [-0.05, 0) is 29.7 Å². The van der Waals surface area contributed by atoms with Crippen molar-refractivity contribution >= 4 is 11.8 Å². The lowest BCUT2D eigenvalue weighted by Crippen LogP contribution is -2.45. The second-order valence-electron chi connectivity index (χ2n) is 7.78. The lowest BCUT2D eigenvalue weighted by atomic mass is 10.0. The van der Waals surface area contributed by atoms with Crippen LogP contribution in [-0.4, -0.2) is 30.4 Å². The van der Waals surface area contributed by atoms with Crippen LogP contribution in [0.25, 0.3) is 0 Å². The summed E-state index contributed by atoms with van der Waals surface area (Å²) in [4.78, 5) is 28.1. The third-order valence-corrected chi connectivity index (χ3v) is 5.04. The van der Waals surface area contributed by atoms with E-state index in [0.717, 1.165) is 36.1 Å². The summed E-state index contributed by atoms with van der Waals surface area (Å²) < 4.78 is 5.23. The van der Waals surface area contributed by atoms with Crippen LogP contribution in [0, 0.1) is 5.92 Å². The number of carbonyl (C=O) groups is 2. The molecule has 2 aromatic carbocycles. The minimum absolute atomic E-state index is 0.0524. The zero-order valence-corrected chi connectivity index (χ0v) is 18.6. The molecule has 2 aromatic rings. The number of unbranched alkanes of at least 4 members (excludes halogenated alkanes) is 2. The maximum Gasteiger partial charge on any atom is 0.247 e. The van der Waals surface area contributed by atoms with E-state index in [1.807, 2.05) is 68.4 Å². The molecule has 0 aliphatic rings. The van der Waals surface area contributed by atoms with Crippen molar-refractivity contribution in [2.24, 2.45) is 5.92 Å². The number of benzene rings is 2. The summed E-state index contributed by atoms with van der Waals surface area (Å²) in [6.45, 7) is 6.83. The van der Waals surface area contributed by atoms with Gasteiger partial charge in [-0.2, -0.15) is 0 Å². The number of nitrogens with one attached hydrogen (secondary N) is 1. The van der Waals surface area contributed by atoms with Gasteiger partial charge in [0.1, 0.15) is 11.8 Å². The summed E-state index contributed by atoms with van der Waals surface area (Å²) in [5, 5.41) is 3.04. The average molecular weight is 411 g/mol. The third kappa shape index (κ3) is 6.61. The molecule has 5 nitrogen and oxygen atoms in total. The number of nitrogens with zero attached hydrogens (tertiary/aromatic N) is 1. The van der Waals surface area contributed by atoms with Crippen LogP contribution in [0.15, 0.2) is 54.6 Å². The van der Waals surface area contributed by atoms with E-state index in [9.17, 15) is 9.59 Å². The van der Waals surface area contributed by atoms with Crippen molar-refractivity contribution < 1.29 is 14.3 Å². The molecule has 0 radical (unpaired) electrons. The zero-order valence-electron chi connectivity index (χ0n) is 18.6. The van der Waals surface area contributed by atoms with Crippen molar-refractivity contribution in [3.05, 3.63) is 65.7 Å². The van der Waals surface area contributed by atoms with Gasteiger partial charge in [0.05, 0.1) is 7.11 Å². The van der Waals surface area contributed by atoms with Crippen LogP contribution in [0.5, 0.6) is 5.75 Å². The molecule has 2 amide bonds. The van der Waals surface area contributed by atoms with E-state index in [1.165, 1.54) is 0 Å². The molecule has 0 saturated heterocycles. The first kappa shape index (κ1) is 23.5. The summed E-state index contributed by atoms with van der Waals surface area (Å²) in [6, 6.07) is 16.5. The van der Waals surface area contributed by atoms with Crippen LogP contribution in [-0.2, 0) is 16.1 Å². The first-order chi connectivity index (χ1) is 14.5. The number of rotatable bonds is 11. The quantitative estimate of drug-likeness (QED) is 0.545. The summed E-state index contributed by atoms with van der Waals surface area (Å²) in [6.07, 6.45) is 3.09. The van der Waals surface area contributed by atoms with Gasteiger partial charge in [-0.25, -0.2) is 0 Å². The van der Waals surface area contributed by atoms with Gasteiger partial charge in [0.25, 0.3) is 0 Å². The van der Waals surface area contributed by atoms with Gasteiger partial charge in [0.15, 0.2) is 0 Å². The highest BCUT2D eigenvalue weighted by Gasteiger charge is 2.32. The Labute approximate surface area is 180 Å². The molecular formula is C25H34N2O3. The first-order valence-corrected chi connectivity index (χ1v) is 10.7. The lowest BCUT2D eigenvalue weighted by molar-refractivity contribution is -0.144. The summed E-state index contributed by atoms with van der Waals surface area (Å²) in [5.41, 5.74) is 1.76. The van der Waals surface area contributed by atoms with Crippen molar-refractivity contribution in [3.63, 3.8) is 0 Å². The maximum atomic E-state index is 13.2. The fourth-order valence-electron chi connectivity index (χ4n) is 3.35. The molecule has 162 valence electrons. The number of methoxy groups -OCH3 is 1. The van der Waals surface area contributed by atoms with Crippen LogP contribution < -0.4 is 10.1 Å². The normalized spacial score (nSPS) is 11.8. The maximum absolute atomic E-state index is 13.2. The lowest BCUT2D eigenvalue weighted by Gasteiger charge is -2.33. The second-order valence-corrected chi connectivity index (χ2v) is 7.78. The molecule has 30 heavy (non-hydrogen) atoms. The fourth-order valence-corrected chi connectivity index (χ4v) is 3.35. The Morgan fingerprint density at radius 1 is 1.00 bits per heavy atom. The van der Waals surface area contributed by atoms with Crippen molar-refractivity contribution in [3.8, 4) is 5.75 Å². The molecule has 0 aliphatic carbocycles. The zero-order chi connectivity index (χ0) is 21.9. The van der Waals surface area contributed by atoms with E-state index in [0.29, 0.717) is 13.1 Å². The van der Waals surface area contributed by atoms with Crippen LogP contribution in [0.2, 0.25) is 0 Å². The smallest absolute Gasteiger partial charge is 0.247 e. The van der Waals surface area contributed by atoms with E-state index in [2.05, 4.69) is 12.2 Å². The molecule has 0 spiro atoms. The molecule has 0 bridgehead atoms. The minimum Gasteiger partial charge on any atom is -0.497 e. The van der Waals surface area contributed by atoms with Crippen LogP contribution in [0.1, 0.15) is 57.2 Å². The van der Waals surface area contributed by atoms with Crippen molar-refractivity contribution in [2.45, 2.75) is 52.6 Å². The highest BCUT2D eigenvalue weighted by Crippen LogP contribution is 2.26. The Hall–Kier alpha value is -2.82. The Morgan fingerprint density at radius 2 is 1.67 bits per heavy atom. The monoisotopic (exact) mass is 410 g/mol. The number of carbonyl (C=O) groups excluding carboxylic acids is 2. The highest BCUT2D eigenvalue weighted by atomic mass is 16.5. The molecule has 1 atom stereocenters. The molecule has 0 unspecified atom stereocenters. The van der Waals surface area contributed by atoms with E-state index in [1.54, 1.807) is 12.0 Å². The van der Waals surface area contributed by atoms with Crippen molar-refractivity contribution in [1.82, 2.24) is 10.2 Å². The van der Waals surface area contributed by atoms with Crippen molar-refractivity contribution in [1.29, 1.82) is 0 Å². The summed E-state index contributed by atoms with van der Waals surface area (Å²) in [7, 11) is 1.62. The summed E-state index contributed by atoms with van der Waals surface area (Å²) >= 11 is 0. The predicted molar refractivity (Wildman–Crippen MR) is 120 cm³/mol. The first-order valence-electron chi connectivity index (χ1n) is 10.7. The topological polar surface area (TPSA) is 58.6 Å². The molecule has 5 heteroatoms. The highest BCUT2D eigenvalue weighted by molar-refractivity contribution is 5.89. The molecule has 2 rings (SSSR count). The van der Waals surface area contributed by atoms with Gasteiger partial charge in [0, 0.05) is 19.0 Å². The van der Waals surface area contributed by atoms with E-state index in [-0.39, 0.29) is 17.7 Å². The Bertz CT molecular complexity index is 788. The number of hydrogen-bond acceptors (Lipinski definition) is 3. The van der Waals surface area contributed by atoms with Gasteiger partial charge in [-0.3, -0.25) is 9.59 Å². The van der Waals surface area contributed by atoms with Gasteiger partial charge in [0.2, 0.25) is 11.8 Å². The van der Waals surface area contributed by atoms with Gasteiger partial charge < -0.3 is 15.0 Å². The summed E-state index contributed by atoms with van der Waals surface area (Å²) in [5.74, 6) is 0.347. The van der Waals surface area contributed by atoms with E-state index < -0.39 is 6.04 Å². The number of hydrogen-bond donors (Lipinski definition) is 1. The molecule has 0 aromatic heterocycles. The Kier molecular flexibility index (Phi) is 9.39. The molecule has 1 N–H and O–H groups in total. The standard InChI is InChI=1S/C25H34N2O3/c1-5-6-10-17-26-24(28)23(21-11-8-7-9-12-21)27(25(29)19(2)3)18-20-13-15-22(30-4)16-14-20/h7-9,11-16,19,23H,5-6,10,17-18H2,1-4H3,(H,26,28)/t23-/m1/s1. The fraction of sp³-hybridized carbons (Fsp3) is 0.440.